The van der Waals surface area contributed by atoms with Crippen molar-refractivity contribution in [3.8, 4) is 0 Å². The van der Waals surface area contributed by atoms with Crippen LogP contribution in [-0.2, 0) is 59.9 Å². The molecule has 1 saturated carbocycles. The Hall–Kier alpha value is 3.30. The summed E-state index contributed by atoms with van der Waals surface area (Å²) in [5.74, 6) is -1.46. The van der Waals surface area contributed by atoms with Crippen molar-refractivity contribution in [1.29, 1.82) is 0 Å². The second kappa shape index (κ2) is 46.0. The van der Waals surface area contributed by atoms with E-state index in [-0.39, 0.29) is 131 Å². The number of phosphoric acid groups is 4. The summed E-state index contributed by atoms with van der Waals surface area (Å²) < 4.78 is 80.5. The molecule has 0 amide bonds. The van der Waals surface area contributed by atoms with Crippen LogP contribution in [0.25, 0.3) is 0 Å². The van der Waals surface area contributed by atoms with Gasteiger partial charge in [-0.2, -0.15) is 0 Å². The molecule has 0 radical (unpaired) electrons. The molecule has 0 aromatic heterocycles. The summed E-state index contributed by atoms with van der Waals surface area (Å²) in [4.78, 5) is 101. The van der Waals surface area contributed by atoms with Crippen molar-refractivity contribution in [1.82, 2.24) is 0 Å². The minimum Gasteiger partial charge on any atom is -0.756 e. The average Bonchev–Trinajstić information content (AvgIpc) is 3.22. The van der Waals surface area contributed by atoms with Crippen LogP contribution in [0.5, 0.6) is 0 Å². The van der Waals surface area contributed by atoms with Crippen molar-refractivity contribution in [2.75, 3.05) is 13.2 Å². The monoisotopic (exact) mass is 1140 g/mol. The Morgan fingerprint density at radius 2 is 0.732 bits per heavy atom. The first-order chi connectivity index (χ1) is 31.5. The van der Waals surface area contributed by atoms with E-state index in [1.807, 2.05) is 0 Å². The largest absolute Gasteiger partial charge is 1.00 e. The molecule has 0 bridgehead atoms. The molecule has 0 heterocycles. The molecule has 1 fully saturated rings. The van der Waals surface area contributed by atoms with E-state index in [1.165, 1.54) is 89.9 Å². The zero-order chi connectivity index (χ0) is 50.4. The van der Waals surface area contributed by atoms with E-state index in [9.17, 15) is 72.3 Å². The van der Waals surface area contributed by atoms with Crippen LogP contribution >= 0.6 is 31.3 Å². The van der Waals surface area contributed by atoms with Crippen LogP contribution in [0.4, 0.5) is 0 Å². The first kappa shape index (κ1) is 80.8. The van der Waals surface area contributed by atoms with Crippen molar-refractivity contribution in [3.63, 3.8) is 0 Å². The number of hydrogen-bond donors (Lipinski definition) is 5. The molecule has 11 atom stereocenters. The molecular weight excluding hydrogens is 1060 g/mol. The van der Waals surface area contributed by atoms with E-state index < -0.39 is 99.2 Å². The van der Waals surface area contributed by atoms with Gasteiger partial charge in [-0.3, -0.25) is 27.8 Å². The first-order valence-electron chi connectivity index (χ1n) is 24.0. The number of esters is 2. The molecule has 1 rings (SSSR count). The van der Waals surface area contributed by atoms with E-state index >= 15 is 0 Å². The second-order valence-corrected chi connectivity index (χ2v) is 22.0. The van der Waals surface area contributed by atoms with E-state index in [0.717, 1.165) is 57.8 Å². The van der Waals surface area contributed by atoms with Gasteiger partial charge in [0.05, 0.1) is 6.61 Å². The number of ether oxygens (including phenoxy) is 2. The van der Waals surface area contributed by atoms with Gasteiger partial charge in [0.25, 0.3) is 31.3 Å². The number of unbranched alkanes of at least 4 members (excludes halogenated alkanes) is 24. The summed E-state index contributed by atoms with van der Waals surface area (Å²) in [6.07, 6.45) is 9.09. The Balaban J connectivity index is -0.00000561. The number of aliphatic hydroxyl groups is 2. The number of phosphoric ester groups is 4. The summed E-state index contributed by atoms with van der Waals surface area (Å²) in [6, 6.07) is 0. The molecule has 5 N–H and O–H groups in total. The minimum atomic E-state index is -6.08. The molecule has 30 heteroatoms. The Labute approximate surface area is 509 Å². The third-order valence-corrected chi connectivity index (χ3v) is 13.6. The molecule has 0 aliphatic heterocycles. The molecule has 6 unspecified atom stereocenters. The quantitative estimate of drug-likeness (QED) is 0.0164. The number of aliphatic hydroxyl groups excluding tert-OH is 2. The van der Waals surface area contributed by atoms with Crippen LogP contribution in [0, 0.1) is 0 Å². The Kier molecular flexibility index (Phi) is 52.3. The van der Waals surface area contributed by atoms with Gasteiger partial charge in [-0.15, -0.1) is 0 Å². The van der Waals surface area contributed by atoms with Crippen molar-refractivity contribution >= 4 is 43.2 Å². The Morgan fingerprint density at radius 1 is 0.437 bits per heavy atom. The molecule has 0 spiro atoms. The smallest absolute Gasteiger partial charge is 0.756 e. The van der Waals surface area contributed by atoms with Gasteiger partial charge in [-0.05, 0) is 12.8 Å². The number of hydrogen-bond acceptors (Lipinski definition) is 19. The molecule has 1 aliphatic rings. The SMILES string of the molecule is CCCCCCCCCCCCCCCC(=O)OC[C@H](COP(=O)([O-])OC1[C@H](O)[C@H](OP(=O)([O-])O)C(OP(=O)([O-])O)[C@H](OP(=O)([O-])O)[C@H]1O)OC(=O)CCCCCCCCCCCCCCC.[Na+].[Na+].[Na+].[Na+]. The summed E-state index contributed by atoms with van der Waals surface area (Å²) in [5.41, 5.74) is 0. The van der Waals surface area contributed by atoms with Crippen molar-refractivity contribution in [3.05, 3.63) is 0 Å². The molecule has 0 aromatic rings. The Bertz CT molecular complexity index is 1510. The maximum absolute atomic E-state index is 13.1. The third kappa shape index (κ3) is 43.7. The zero-order valence-corrected chi connectivity index (χ0v) is 54.8. The van der Waals surface area contributed by atoms with E-state index in [4.69, 9.17) is 18.5 Å². The van der Waals surface area contributed by atoms with Crippen LogP contribution in [0.2, 0.25) is 0 Å². The van der Waals surface area contributed by atoms with Crippen LogP contribution < -0.4 is 138 Å². The molecule has 0 saturated heterocycles. The maximum Gasteiger partial charge on any atom is 1.00 e. The first-order valence-corrected chi connectivity index (χ1v) is 29.9. The van der Waals surface area contributed by atoms with Gasteiger partial charge < -0.3 is 76.6 Å². The average molecular weight is 1140 g/mol. The van der Waals surface area contributed by atoms with Gasteiger partial charge in [0, 0.05) is 12.8 Å². The van der Waals surface area contributed by atoms with Gasteiger partial charge in [0.15, 0.2) is 6.10 Å². The van der Waals surface area contributed by atoms with E-state index in [1.54, 1.807) is 0 Å². The molecule has 398 valence electrons. The van der Waals surface area contributed by atoms with E-state index in [2.05, 4.69) is 27.4 Å². The predicted octanol–water partition coefficient (Wildman–Crippen LogP) is -6.44. The fourth-order valence-corrected chi connectivity index (χ4v) is 10.3. The zero-order valence-electron chi connectivity index (χ0n) is 43.2. The van der Waals surface area contributed by atoms with Crippen LogP contribution in [0.3, 0.4) is 0 Å². The molecule has 1 aliphatic carbocycles. The Morgan fingerprint density at radius 3 is 1.06 bits per heavy atom. The minimum absolute atomic E-state index is 0. The van der Waals surface area contributed by atoms with Crippen LogP contribution in [0.1, 0.15) is 194 Å². The van der Waals surface area contributed by atoms with Gasteiger partial charge in [-0.1, -0.05) is 168 Å². The molecule has 22 nitrogen and oxygen atoms in total. The fourth-order valence-electron chi connectivity index (χ4n) is 7.65. The molecule has 71 heavy (non-hydrogen) atoms. The third-order valence-electron chi connectivity index (χ3n) is 11.1. The number of carbonyl (C=O) groups excluding carboxylic acids is 2. The number of rotatable bonds is 42. The van der Waals surface area contributed by atoms with Crippen molar-refractivity contribution < 1.29 is 223 Å². The predicted molar refractivity (Wildman–Crippen MR) is 236 cm³/mol. The number of carbonyl (C=O) groups is 2. The fraction of sp³-hybridized carbons (Fsp3) is 0.951. The van der Waals surface area contributed by atoms with Gasteiger partial charge in [0.1, 0.15) is 43.2 Å². The van der Waals surface area contributed by atoms with Crippen LogP contribution in [0.15, 0.2) is 0 Å². The van der Waals surface area contributed by atoms with Crippen molar-refractivity contribution in [2.24, 2.45) is 0 Å². The topological polar surface area (TPSA) is 360 Å². The second-order valence-electron chi connectivity index (χ2n) is 17.2. The van der Waals surface area contributed by atoms with E-state index in [0.29, 0.717) is 19.3 Å². The summed E-state index contributed by atoms with van der Waals surface area (Å²) in [7, 11) is -24.2. The van der Waals surface area contributed by atoms with Crippen molar-refractivity contribution in [2.45, 2.75) is 236 Å². The maximum atomic E-state index is 13.1. The normalized spacial score (nSPS) is 22.6. The summed E-state index contributed by atoms with van der Waals surface area (Å²) in [6.45, 7) is 2.60. The van der Waals surface area contributed by atoms with Gasteiger partial charge in [-0.25, -0.2) is 0 Å². The summed E-state index contributed by atoms with van der Waals surface area (Å²) in [5, 5.41) is 21.6. The summed E-state index contributed by atoms with van der Waals surface area (Å²) >= 11 is 0. The van der Waals surface area contributed by atoms with Gasteiger partial charge in [0.2, 0.25) is 0 Å². The molecular formula is C41H78Na4O22P4. The molecule has 0 aromatic carbocycles. The van der Waals surface area contributed by atoms with Gasteiger partial charge >= 0.3 is 130 Å². The standard InChI is InChI=1S/C41H82O22P4.4Na/c1-3-5-7-9-11-13-15-17-19-21-23-25-27-29-34(42)57-31-33(59-35(43)30-28-26-24-22-20-18-16-14-12-10-8-6-4-2)32-58-67(55,56)63-38-36(44)39(60-64(46,47)48)41(62-66(52,53)54)40(37(38)45)61-65(49,50)51;;;;/h33,36-41,44-45H,3-32H2,1-2H3,(H,55,56)(H2,46,47,48)(H2,49,50,51)(H2,52,53,54);;;;/q;4*+1/p-4/t33-,36+,37+,38?,39-,40+,41?;;;;/m1..../s1. The van der Waals surface area contributed by atoms with Crippen LogP contribution in [-0.4, -0.2) is 92.8 Å².